The number of carbonyl (C=O) groups excluding carboxylic acids is 2. The Morgan fingerprint density at radius 2 is 2.00 bits per heavy atom. The van der Waals surface area contributed by atoms with Crippen molar-refractivity contribution in [1.82, 2.24) is 10.2 Å². The lowest BCUT2D eigenvalue weighted by atomic mass is 10.1. The van der Waals surface area contributed by atoms with Gasteiger partial charge >= 0.3 is 5.97 Å². The van der Waals surface area contributed by atoms with Gasteiger partial charge in [0.15, 0.2) is 5.60 Å². The molecule has 118 valence electrons. The summed E-state index contributed by atoms with van der Waals surface area (Å²) in [5.41, 5.74) is -2.00. The van der Waals surface area contributed by atoms with Crippen molar-refractivity contribution in [2.24, 2.45) is 5.92 Å². The molecule has 0 aromatic carbocycles. The third-order valence-corrected chi connectivity index (χ3v) is 4.36. The second-order valence-corrected chi connectivity index (χ2v) is 6.18. The molecule has 1 saturated heterocycles. The molecule has 7 nitrogen and oxygen atoms in total. The molecule has 21 heavy (non-hydrogen) atoms. The summed E-state index contributed by atoms with van der Waals surface area (Å²) in [7, 11) is 0. The number of carbonyl (C=O) groups is 3. The van der Waals surface area contributed by atoms with Crippen LogP contribution in [0.4, 0.5) is 0 Å². The second kappa shape index (κ2) is 6.01. The fraction of sp³-hybridized carbons (Fsp3) is 0.786. The molecule has 7 heteroatoms. The Labute approximate surface area is 123 Å². The standard InChI is InChI=1S/C14H22N2O5/c1-14(21,13(19)20)8-15-12(18)9-6-11(17)16(7-9)10-4-2-3-5-10/h9-10,21H,2-8H2,1H3,(H,15,18)(H,19,20). The molecule has 2 amide bonds. The summed E-state index contributed by atoms with van der Waals surface area (Å²) in [5.74, 6) is -2.22. The number of hydrogen-bond acceptors (Lipinski definition) is 4. The van der Waals surface area contributed by atoms with Crippen LogP contribution in [0.25, 0.3) is 0 Å². The van der Waals surface area contributed by atoms with Crippen molar-refractivity contribution in [2.45, 2.75) is 50.7 Å². The average molecular weight is 298 g/mol. The highest BCUT2D eigenvalue weighted by molar-refractivity contribution is 5.89. The molecule has 0 bridgehead atoms. The lowest BCUT2D eigenvalue weighted by Gasteiger charge is -2.24. The lowest BCUT2D eigenvalue weighted by molar-refractivity contribution is -0.156. The molecule has 0 aromatic heterocycles. The van der Waals surface area contributed by atoms with Gasteiger partial charge in [-0.3, -0.25) is 9.59 Å². The highest BCUT2D eigenvalue weighted by atomic mass is 16.4. The minimum absolute atomic E-state index is 0.00737. The maximum Gasteiger partial charge on any atom is 0.337 e. The Morgan fingerprint density at radius 3 is 2.57 bits per heavy atom. The van der Waals surface area contributed by atoms with Gasteiger partial charge in [0.2, 0.25) is 11.8 Å². The predicted octanol–water partition coefficient (Wildman–Crippen LogP) is -0.271. The monoisotopic (exact) mass is 298 g/mol. The molecule has 2 rings (SSSR count). The van der Waals surface area contributed by atoms with Gasteiger partial charge in [-0.2, -0.15) is 0 Å². The Balaban J connectivity index is 1.87. The van der Waals surface area contributed by atoms with E-state index in [4.69, 9.17) is 5.11 Å². The molecule has 1 saturated carbocycles. The molecule has 1 aliphatic heterocycles. The zero-order valence-electron chi connectivity index (χ0n) is 12.2. The van der Waals surface area contributed by atoms with Gasteiger partial charge in [-0.05, 0) is 19.8 Å². The molecule has 1 heterocycles. The van der Waals surface area contributed by atoms with E-state index in [1.165, 1.54) is 0 Å². The van der Waals surface area contributed by atoms with Gasteiger partial charge < -0.3 is 20.4 Å². The molecule has 1 aliphatic carbocycles. The van der Waals surface area contributed by atoms with E-state index in [0.29, 0.717) is 6.54 Å². The maximum atomic E-state index is 12.0. The summed E-state index contributed by atoms with van der Waals surface area (Å²) >= 11 is 0. The SMILES string of the molecule is CC(O)(CNC(=O)C1CC(=O)N(C2CCCC2)C1)C(=O)O. The van der Waals surface area contributed by atoms with Crippen molar-refractivity contribution in [3.05, 3.63) is 0 Å². The van der Waals surface area contributed by atoms with Crippen molar-refractivity contribution in [3.8, 4) is 0 Å². The molecular weight excluding hydrogens is 276 g/mol. The Hall–Kier alpha value is -1.63. The van der Waals surface area contributed by atoms with E-state index in [2.05, 4.69) is 5.32 Å². The van der Waals surface area contributed by atoms with E-state index >= 15 is 0 Å². The zero-order valence-corrected chi connectivity index (χ0v) is 12.2. The smallest absolute Gasteiger partial charge is 0.337 e. The normalized spacial score (nSPS) is 25.9. The first kappa shape index (κ1) is 15.8. The van der Waals surface area contributed by atoms with Gasteiger partial charge in [0.1, 0.15) is 0 Å². The van der Waals surface area contributed by atoms with Gasteiger partial charge in [-0.25, -0.2) is 4.79 Å². The number of aliphatic carboxylic acids is 1. The van der Waals surface area contributed by atoms with E-state index in [-0.39, 0.29) is 30.8 Å². The summed E-state index contributed by atoms with van der Waals surface area (Å²) < 4.78 is 0. The van der Waals surface area contributed by atoms with Crippen LogP contribution in [0.15, 0.2) is 0 Å². The largest absolute Gasteiger partial charge is 0.479 e. The van der Waals surface area contributed by atoms with Crippen LogP contribution < -0.4 is 5.32 Å². The van der Waals surface area contributed by atoms with Crippen molar-refractivity contribution in [3.63, 3.8) is 0 Å². The number of nitrogens with one attached hydrogen (secondary N) is 1. The van der Waals surface area contributed by atoms with Crippen LogP contribution in [0, 0.1) is 5.92 Å². The highest BCUT2D eigenvalue weighted by Gasteiger charge is 2.39. The summed E-state index contributed by atoms with van der Waals surface area (Å²) in [4.78, 5) is 36.6. The van der Waals surface area contributed by atoms with Gasteiger partial charge in [0.25, 0.3) is 0 Å². The number of hydrogen-bond donors (Lipinski definition) is 3. The van der Waals surface area contributed by atoms with Crippen molar-refractivity contribution < 1.29 is 24.6 Å². The van der Waals surface area contributed by atoms with Crippen LogP contribution >= 0.6 is 0 Å². The fourth-order valence-corrected chi connectivity index (χ4v) is 2.96. The molecule has 2 atom stereocenters. The first-order chi connectivity index (χ1) is 9.81. The quantitative estimate of drug-likeness (QED) is 0.647. The van der Waals surface area contributed by atoms with E-state index in [0.717, 1.165) is 32.6 Å². The first-order valence-corrected chi connectivity index (χ1v) is 7.34. The van der Waals surface area contributed by atoms with E-state index in [1.54, 1.807) is 4.90 Å². The highest BCUT2D eigenvalue weighted by Crippen LogP contribution is 2.29. The zero-order chi connectivity index (χ0) is 15.6. The van der Waals surface area contributed by atoms with Crippen LogP contribution in [0.5, 0.6) is 0 Å². The Morgan fingerprint density at radius 1 is 1.38 bits per heavy atom. The molecular formula is C14H22N2O5. The molecule has 2 aliphatic rings. The van der Waals surface area contributed by atoms with Crippen LogP contribution in [0.2, 0.25) is 0 Å². The number of rotatable bonds is 5. The lowest BCUT2D eigenvalue weighted by Crippen LogP contribution is -2.48. The fourth-order valence-electron chi connectivity index (χ4n) is 2.96. The van der Waals surface area contributed by atoms with E-state index < -0.39 is 17.5 Å². The third-order valence-electron chi connectivity index (χ3n) is 4.36. The minimum Gasteiger partial charge on any atom is -0.479 e. The molecule has 3 N–H and O–H groups in total. The molecule has 0 aromatic rings. The van der Waals surface area contributed by atoms with Gasteiger partial charge in [0, 0.05) is 19.0 Å². The number of nitrogens with zero attached hydrogens (tertiary/aromatic N) is 1. The number of carboxylic acids is 1. The van der Waals surface area contributed by atoms with Crippen LogP contribution in [-0.4, -0.2) is 57.6 Å². The van der Waals surface area contributed by atoms with E-state index in [1.807, 2.05) is 0 Å². The molecule has 2 unspecified atom stereocenters. The Bertz CT molecular complexity index is 443. The van der Waals surface area contributed by atoms with Crippen molar-refractivity contribution in [1.29, 1.82) is 0 Å². The topological polar surface area (TPSA) is 107 Å². The first-order valence-electron chi connectivity index (χ1n) is 7.34. The third kappa shape index (κ3) is 3.53. The number of amides is 2. The summed E-state index contributed by atoms with van der Waals surface area (Å²) in [6.07, 6.45) is 4.39. The van der Waals surface area contributed by atoms with E-state index in [9.17, 15) is 19.5 Å². The molecule has 0 radical (unpaired) electrons. The maximum absolute atomic E-state index is 12.0. The molecule has 2 fully saturated rings. The summed E-state index contributed by atoms with van der Waals surface area (Å²) in [6, 6.07) is 0.248. The minimum atomic E-state index is -2.00. The van der Waals surface area contributed by atoms with Crippen molar-refractivity contribution in [2.75, 3.05) is 13.1 Å². The number of likely N-dealkylation sites (tertiary alicyclic amines) is 1. The number of carboxylic acid groups (broad SMARTS) is 1. The van der Waals surface area contributed by atoms with Crippen molar-refractivity contribution >= 4 is 17.8 Å². The van der Waals surface area contributed by atoms with Crippen LogP contribution in [0.3, 0.4) is 0 Å². The van der Waals surface area contributed by atoms with Crippen LogP contribution in [-0.2, 0) is 14.4 Å². The summed E-state index contributed by atoms with van der Waals surface area (Å²) in [5, 5.41) is 20.8. The van der Waals surface area contributed by atoms with Crippen LogP contribution in [0.1, 0.15) is 39.0 Å². The Kier molecular flexibility index (Phi) is 4.51. The molecule has 0 spiro atoms. The number of aliphatic hydroxyl groups is 1. The van der Waals surface area contributed by atoms with Gasteiger partial charge in [0.05, 0.1) is 12.5 Å². The van der Waals surface area contributed by atoms with Gasteiger partial charge in [-0.1, -0.05) is 12.8 Å². The summed E-state index contributed by atoms with van der Waals surface area (Å²) in [6.45, 7) is 1.15. The average Bonchev–Trinajstić information content (AvgIpc) is 3.04. The van der Waals surface area contributed by atoms with Gasteiger partial charge in [-0.15, -0.1) is 0 Å². The predicted molar refractivity (Wildman–Crippen MR) is 73.3 cm³/mol. The second-order valence-electron chi connectivity index (χ2n) is 6.18.